The average molecular weight is 373 g/mol. The van der Waals surface area contributed by atoms with E-state index in [0.717, 1.165) is 78.9 Å². The molecule has 1 aliphatic carbocycles. The maximum atomic E-state index is 13.1. The summed E-state index contributed by atoms with van der Waals surface area (Å²) in [5.74, 6) is 1.79. The van der Waals surface area contributed by atoms with Crippen LogP contribution in [0.1, 0.15) is 52.1 Å². The minimum atomic E-state index is -0.290. The molecule has 3 aliphatic rings. The van der Waals surface area contributed by atoms with Crippen molar-refractivity contribution in [3.05, 3.63) is 58.4 Å². The van der Waals surface area contributed by atoms with Crippen LogP contribution in [0, 0.1) is 6.92 Å². The second kappa shape index (κ2) is 5.60. The monoisotopic (exact) mass is 373 g/mol. The van der Waals surface area contributed by atoms with E-state index in [-0.39, 0.29) is 11.5 Å². The molecule has 3 aromatic rings. The number of aryl methyl sites for hydroxylation is 2. The number of aromatic nitrogens is 2. The van der Waals surface area contributed by atoms with Crippen LogP contribution in [0.3, 0.4) is 0 Å². The number of rotatable bonds is 1. The molecule has 1 fully saturated rings. The van der Waals surface area contributed by atoms with Crippen LogP contribution in [0.5, 0.6) is 5.75 Å². The fourth-order valence-corrected chi connectivity index (χ4v) is 5.12. The molecule has 0 bridgehead atoms. The molecule has 0 saturated carbocycles. The Morgan fingerprint density at radius 1 is 1.21 bits per heavy atom. The van der Waals surface area contributed by atoms with E-state index in [1.54, 1.807) is 0 Å². The number of hydrogen-bond donors (Lipinski definition) is 1. The fourth-order valence-electron chi connectivity index (χ4n) is 5.12. The van der Waals surface area contributed by atoms with Gasteiger partial charge >= 0.3 is 0 Å². The lowest BCUT2D eigenvalue weighted by atomic mass is 9.84. The Labute approximate surface area is 163 Å². The van der Waals surface area contributed by atoms with Crippen molar-refractivity contribution in [2.45, 2.75) is 44.6 Å². The summed E-state index contributed by atoms with van der Waals surface area (Å²) in [5.41, 5.74) is 5.97. The van der Waals surface area contributed by atoms with Crippen molar-refractivity contribution >= 4 is 16.9 Å². The van der Waals surface area contributed by atoms with Gasteiger partial charge in [-0.15, -0.1) is 0 Å². The zero-order valence-electron chi connectivity index (χ0n) is 16.0. The second-order valence-corrected chi connectivity index (χ2v) is 8.35. The number of H-pyrrole nitrogens is 1. The molecule has 5 nitrogen and oxygen atoms in total. The summed E-state index contributed by atoms with van der Waals surface area (Å²) in [6.45, 7) is 3.66. The standard InChI is InChI=1S/C23H23N3O2/c1-14-24-19-13-17(22(27)26-11-4-12-26)16-8-10-23(28-21(16)20(19)25-14)9-7-15-5-2-3-6-18(15)23/h2-3,5-6,13H,4,7-12H2,1H3,(H,24,25). The predicted octanol–water partition coefficient (Wildman–Crippen LogP) is 3.88. The van der Waals surface area contributed by atoms with E-state index in [0.29, 0.717) is 0 Å². The van der Waals surface area contributed by atoms with E-state index in [1.165, 1.54) is 11.1 Å². The predicted molar refractivity (Wildman–Crippen MR) is 107 cm³/mol. The smallest absolute Gasteiger partial charge is 0.254 e. The van der Waals surface area contributed by atoms with E-state index >= 15 is 0 Å². The first-order valence-corrected chi connectivity index (χ1v) is 10.2. The molecular weight excluding hydrogens is 350 g/mol. The highest BCUT2D eigenvalue weighted by Crippen LogP contribution is 2.50. The van der Waals surface area contributed by atoms with Crippen molar-refractivity contribution in [3.63, 3.8) is 0 Å². The molecule has 3 heterocycles. The largest absolute Gasteiger partial charge is 0.480 e. The molecule has 0 radical (unpaired) electrons. The number of nitrogens with zero attached hydrogens (tertiary/aromatic N) is 2. The van der Waals surface area contributed by atoms with Crippen molar-refractivity contribution in [2.24, 2.45) is 0 Å². The molecule has 6 rings (SSSR count). The molecule has 28 heavy (non-hydrogen) atoms. The third kappa shape index (κ3) is 2.13. The highest BCUT2D eigenvalue weighted by Gasteiger charge is 2.45. The maximum absolute atomic E-state index is 13.1. The van der Waals surface area contributed by atoms with Crippen LogP contribution in [0.4, 0.5) is 0 Å². The van der Waals surface area contributed by atoms with E-state index in [1.807, 2.05) is 17.9 Å². The summed E-state index contributed by atoms with van der Waals surface area (Å²) < 4.78 is 6.80. The third-order valence-corrected chi connectivity index (χ3v) is 6.71. The van der Waals surface area contributed by atoms with Crippen LogP contribution in [0.2, 0.25) is 0 Å². The Kier molecular flexibility index (Phi) is 3.23. The van der Waals surface area contributed by atoms with Gasteiger partial charge in [0.2, 0.25) is 0 Å². The van der Waals surface area contributed by atoms with Crippen LogP contribution in [-0.4, -0.2) is 33.9 Å². The first kappa shape index (κ1) is 16.2. The topological polar surface area (TPSA) is 58.2 Å². The number of aromatic amines is 1. The number of carbonyl (C=O) groups is 1. The normalized spacial score (nSPS) is 22.7. The number of amides is 1. The van der Waals surface area contributed by atoms with Gasteiger partial charge in [-0.25, -0.2) is 4.98 Å². The van der Waals surface area contributed by atoms with E-state index in [2.05, 4.69) is 29.2 Å². The maximum Gasteiger partial charge on any atom is 0.254 e. The first-order chi connectivity index (χ1) is 13.6. The van der Waals surface area contributed by atoms with Crippen molar-refractivity contribution in [3.8, 4) is 5.75 Å². The summed E-state index contributed by atoms with van der Waals surface area (Å²) in [5, 5.41) is 0. The zero-order chi connectivity index (χ0) is 18.9. The van der Waals surface area contributed by atoms with Gasteiger partial charge in [-0.05, 0) is 56.2 Å². The molecule has 1 unspecified atom stereocenters. The molecule has 1 N–H and O–H groups in total. The number of likely N-dealkylation sites (tertiary alicyclic amines) is 1. The van der Waals surface area contributed by atoms with Crippen LogP contribution in [0.15, 0.2) is 30.3 Å². The Morgan fingerprint density at radius 2 is 2.04 bits per heavy atom. The molecule has 1 saturated heterocycles. The summed E-state index contributed by atoms with van der Waals surface area (Å²) in [7, 11) is 0. The molecule has 5 heteroatoms. The van der Waals surface area contributed by atoms with Gasteiger partial charge in [0, 0.05) is 24.2 Å². The van der Waals surface area contributed by atoms with Crippen LogP contribution >= 0.6 is 0 Å². The van der Waals surface area contributed by atoms with Crippen molar-refractivity contribution in [2.75, 3.05) is 13.1 Å². The molecule has 2 aromatic carbocycles. The van der Waals surface area contributed by atoms with Gasteiger partial charge in [0.05, 0.1) is 5.52 Å². The number of ether oxygens (including phenoxy) is 1. The molecule has 1 amide bonds. The molecule has 2 aliphatic heterocycles. The third-order valence-electron chi connectivity index (χ3n) is 6.71. The van der Waals surface area contributed by atoms with Gasteiger partial charge in [-0.2, -0.15) is 0 Å². The van der Waals surface area contributed by atoms with Gasteiger partial charge in [0.1, 0.15) is 16.9 Å². The molecular formula is C23H23N3O2. The van der Waals surface area contributed by atoms with Crippen LogP contribution < -0.4 is 4.74 Å². The van der Waals surface area contributed by atoms with Crippen molar-refractivity contribution in [1.29, 1.82) is 0 Å². The quantitative estimate of drug-likeness (QED) is 0.704. The molecule has 1 aromatic heterocycles. The van der Waals surface area contributed by atoms with Gasteiger partial charge < -0.3 is 14.6 Å². The number of benzene rings is 2. The Hall–Kier alpha value is -2.82. The lowest BCUT2D eigenvalue weighted by Crippen LogP contribution is -2.43. The second-order valence-electron chi connectivity index (χ2n) is 8.35. The summed E-state index contributed by atoms with van der Waals surface area (Å²) in [6.07, 6.45) is 4.88. The number of fused-ring (bicyclic) bond motifs is 5. The van der Waals surface area contributed by atoms with Gasteiger partial charge in [0.25, 0.3) is 5.91 Å². The fraction of sp³-hybridized carbons (Fsp3) is 0.391. The van der Waals surface area contributed by atoms with E-state index in [4.69, 9.17) is 9.72 Å². The molecule has 142 valence electrons. The summed E-state index contributed by atoms with van der Waals surface area (Å²) in [6, 6.07) is 10.6. The number of nitrogens with one attached hydrogen (secondary N) is 1. The molecule has 1 spiro atoms. The number of hydrogen-bond acceptors (Lipinski definition) is 3. The summed E-state index contributed by atoms with van der Waals surface area (Å²) in [4.78, 5) is 23.1. The average Bonchev–Trinajstić information content (AvgIpc) is 3.20. The Bertz CT molecular complexity index is 1130. The van der Waals surface area contributed by atoms with Gasteiger partial charge in [-0.1, -0.05) is 24.3 Å². The van der Waals surface area contributed by atoms with Crippen molar-refractivity contribution in [1.82, 2.24) is 14.9 Å². The lowest BCUT2D eigenvalue weighted by molar-refractivity contribution is 0.0449. The van der Waals surface area contributed by atoms with Crippen LogP contribution in [0.25, 0.3) is 11.0 Å². The SMILES string of the molecule is Cc1nc2c3c(c(C(=O)N4CCC4)cc2[nH]1)CCC1(CCc2ccccc21)O3. The van der Waals surface area contributed by atoms with E-state index in [9.17, 15) is 4.79 Å². The number of imidazole rings is 1. The van der Waals surface area contributed by atoms with Crippen molar-refractivity contribution < 1.29 is 9.53 Å². The molecule has 1 atom stereocenters. The summed E-state index contributed by atoms with van der Waals surface area (Å²) >= 11 is 0. The Balaban J connectivity index is 1.53. The highest BCUT2D eigenvalue weighted by molar-refractivity contribution is 6.01. The minimum Gasteiger partial charge on any atom is -0.480 e. The first-order valence-electron chi connectivity index (χ1n) is 10.2. The zero-order valence-corrected chi connectivity index (χ0v) is 16.0. The lowest BCUT2D eigenvalue weighted by Gasteiger charge is -2.38. The van der Waals surface area contributed by atoms with Gasteiger partial charge in [0.15, 0.2) is 5.75 Å². The number of carbonyl (C=O) groups excluding carboxylic acids is 1. The minimum absolute atomic E-state index is 0.128. The highest BCUT2D eigenvalue weighted by atomic mass is 16.5. The van der Waals surface area contributed by atoms with Gasteiger partial charge in [-0.3, -0.25) is 4.79 Å². The van der Waals surface area contributed by atoms with Crippen LogP contribution in [-0.2, 0) is 18.4 Å². The Morgan fingerprint density at radius 3 is 2.86 bits per heavy atom. The van der Waals surface area contributed by atoms with E-state index < -0.39 is 0 Å².